The molecule has 0 aliphatic heterocycles. The van der Waals surface area contributed by atoms with Crippen LogP contribution in [0.25, 0.3) is 0 Å². The van der Waals surface area contributed by atoms with Crippen LogP contribution in [0.1, 0.15) is 24.9 Å². The monoisotopic (exact) mass is 401 g/mol. The van der Waals surface area contributed by atoms with Crippen molar-refractivity contribution in [3.8, 4) is 5.75 Å². The van der Waals surface area contributed by atoms with Gasteiger partial charge in [0, 0.05) is 15.7 Å². The zero-order chi connectivity index (χ0) is 14.7. The van der Waals surface area contributed by atoms with Crippen molar-refractivity contribution >= 4 is 37.5 Å². The molecule has 0 aliphatic carbocycles. The predicted molar refractivity (Wildman–Crippen MR) is 86.6 cm³/mol. The van der Waals surface area contributed by atoms with Crippen LogP contribution in [0.15, 0.2) is 45.3 Å². The maximum atomic E-state index is 13.2. The minimum Gasteiger partial charge on any atom is -0.508 e. The van der Waals surface area contributed by atoms with Crippen LogP contribution >= 0.6 is 31.9 Å². The summed E-state index contributed by atoms with van der Waals surface area (Å²) in [7, 11) is 0. The lowest BCUT2D eigenvalue weighted by Gasteiger charge is -2.20. The van der Waals surface area contributed by atoms with Gasteiger partial charge < -0.3 is 10.4 Å². The van der Waals surface area contributed by atoms with Gasteiger partial charge in [-0.3, -0.25) is 0 Å². The zero-order valence-corrected chi connectivity index (χ0v) is 14.0. The fourth-order valence-corrected chi connectivity index (χ4v) is 2.75. The van der Waals surface area contributed by atoms with E-state index in [0.29, 0.717) is 4.47 Å². The SMILES string of the molecule is CCC(Nc1ccc(F)c(Br)c1)c1cc(Br)ccc1O. The van der Waals surface area contributed by atoms with E-state index in [0.717, 1.165) is 22.1 Å². The summed E-state index contributed by atoms with van der Waals surface area (Å²) in [6.45, 7) is 2.02. The molecule has 0 heterocycles. The Hall–Kier alpha value is -1.07. The van der Waals surface area contributed by atoms with E-state index < -0.39 is 0 Å². The molecular weight excluding hydrogens is 389 g/mol. The van der Waals surface area contributed by atoms with Crippen molar-refractivity contribution in [2.45, 2.75) is 19.4 Å². The molecule has 0 amide bonds. The molecule has 2 aromatic rings. The molecule has 0 radical (unpaired) electrons. The smallest absolute Gasteiger partial charge is 0.137 e. The van der Waals surface area contributed by atoms with Crippen molar-refractivity contribution in [1.82, 2.24) is 0 Å². The number of phenols is 1. The first-order valence-electron chi connectivity index (χ1n) is 6.21. The van der Waals surface area contributed by atoms with Gasteiger partial charge in [-0.05, 0) is 58.7 Å². The third-order valence-electron chi connectivity index (χ3n) is 3.03. The predicted octanol–water partition coefficient (Wildman–Crippen LogP) is 5.62. The number of aromatic hydroxyl groups is 1. The van der Waals surface area contributed by atoms with E-state index in [2.05, 4.69) is 37.2 Å². The molecule has 2 rings (SSSR count). The quantitative estimate of drug-likeness (QED) is 0.695. The van der Waals surface area contributed by atoms with Gasteiger partial charge in [0.25, 0.3) is 0 Å². The topological polar surface area (TPSA) is 32.3 Å². The summed E-state index contributed by atoms with van der Waals surface area (Å²) in [5.41, 5.74) is 1.60. The maximum absolute atomic E-state index is 13.2. The molecule has 106 valence electrons. The van der Waals surface area contributed by atoms with Gasteiger partial charge in [-0.2, -0.15) is 0 Å². The molecule has 0 saturated carbocycles. The molecule has 2 N–H and O–H groups in total. The van der Waals surface area contributed by atoms with Crippen LogP contribution in [0.3, 0.4) is 0 Å². The number of halogens is 3. The Bertz CT molecular complexity index is 619. The second-order valence-electron chi connectivity index (χ2n) is 4.44. The third-order valence-corrected chi connectivity index (χ3v) is 4.13. The number of nitrogens with one attached hydrogen (secondary N) is 1. The fraction of sp³-hybridized carbons (Fsp3) is 0.200. The summed E-state index contributed by atoms with van der Waals surface area (Å²) in [6, 6.07) is 10.1. The van der Waals surface area contributed by atoms with Gasteiger partial charge in [0.1, 0.15) is 11.6 Å². The van der Waals surface area contributed by atoms with Crippen LogP contribution < -0.4 is 5.32 Å². The van der Waals surface area contributed by atoms with Crippen LogP contribution in [0, 0.1) is 5.82 Å². The van der Waals surface area contributed by atoms with E-state index in [1.807, 2.05) is 13.0 Å². The van der Waals surface area contributed by atoms with Crippen LogP contribution in [0.4, 0.5) is 10.1 Å². The summed E-state index contributed by atoms with van der Waals surface area (Å²) >= 11 is 6.57. The summed E-state index contributed by atoms with van der Waals surface area (Å²) < 4.78 is 14.6. The number of anilines is 1. The average Bonchev–Trinajstić information content (AvgIpc) is 2.43. The van der Waals surface area contributed by atoms with Gasteiger partial charge in [-0.15, -0.1) is 0 Å². The number of hydrogen-bond donors (Lipinski definition) is 2. The van der Waals surface area contributed by atoms with Crippen LogP contribution in [0.2, 0.25) is 0 Å². The van der Waals surface area contributed by atoms with Gasteiger partial charge in [0.05, 0.1) is 10.5 Å². The molecule has 1 atom stereocenters. The number of benzene rings is 2. The standard InChI is InChI=1S/C15H14Br2FNO/c1-2-14(11-7-9(16)3-6-15(11)20)19-10-4-5-13(18)12(17)8-10/h3-8,14,19-20H,2H2,1H3. The lowest BCUT2D eigenvalue weighted by Crippen LogP contribution is -2.10. The molecule has 0 saturated heterocycles. The Morgan fingerprint density at radius 3 is 2.60 bits per heavy atom. The molecule has 0 aromatic heterocycles. The van der Waals surface area contributed by atoms with Crippen molar-refractivity contribution < 1.29 is 9.50 Å². The second-order valence-corrected chi connectivity index (χ2v) is 6.21. The van der Waals surface area contributed by atoms with Gasteiger partial charge in [0.2, 0.25) is 0 Å². The minimum atomic E-state index is -0.297. The summed E-state index contributed by atoms with van der Waals surface area (Å²) in [6.07, 6.45) is 0.791. The number of phenolic OH excluding ortho intramolecular Hbond substituents is 1. The Kier molecular flexibility index (Phi) is 5.05. The molecule has 0 aliphatic rings. The highest BCUT2D eigenvalue weighted by molar-refractivity contribution is 9.10. The van der Waals surface area contributed by atoms with E-state index >= 15 is 0 Å². The number of rotatable bonds is 4. The third kappa shape index (κ3) is 3.52. The van der Waals surface area contributed by atoms with Gasteiger partial charge in [0.15, 0.2) is 0 Å². The number of hydrogen-bond acceptors (Lipinski definition) is 2. The molecule has 0 bridgehead atoms. The first-order chi connectivity index (χ1) is 9.51. The van der Waals surface area contributed by atoms with E-state index in [4.69, 9.17) is 0 Å². The van der Waals surface area contributed by atoms with Crippen molar-refractivity contribution in [1.29, 1.82) is 0 Å². The van der Waals surface area contributed by atoms with Crippen molar-refractivity contribution in [3.05, 3.63) is 56.7 Å². The van der Waals surface area contributed by atoms with Crippen molar-refractivity contribution in [2.75, 3.05) is 5.32 Å². The van der Waals surface area contributed by atoms with Crippen LogP contribution in [-0.2, 0) is 0 Å². The van der Waals surface area contributed by atoms with Gasteiger partial charge in [-0.1, -0.05) is 22.9 Å². The Morgan fingerprint density at radius 2 is 1.95 bits per heavy atom. The molecule has 0 spiro atoms. The zero-order valence-electron chi connectivity index (χ0n) is 10.8. The molecule has 2 aromatic carbocycles. The van der Waals surface area contributed by atoms with Gasteiger partial charge in [-0.25, -0.2) is 4.39 Å². The highest BCUT2D eigenvalue weighted by Crippen LogP contribution is 2.32. The average molecular weight is 403 g/mol. The highest BCUT2D eigenvalue weighted by atomic mass is 79.9. The van der Waals surface area contributed by atoms with Gasteiger partial charge >= 0.3 is 0 Å². The van der Waals surface area contributed by atoms with E-state index in [9.17, 15) is 9.50 Å². The van der Waals surface area contributed by atoms with Crippen molar-refractivity contribution in [2.24, 2.45) is 0 Å². The molecular formula is C15H14Br2FNO. The molecule has 2 nitrogen and oxygen atoms in total. The summed E-state index contributed by atoms with van der Waals surface area (Å²) in [5.74, 6) is -0.0531. The van der Waals surface area contributed by atoms with E-state index in [1.54, 1.807) is 24.3 Å². The van der Waals surface area contributed by atoms with E-state index in [1.165, 1.54) is 6.07 Å². The van der Waals surface area contributed by atoms with Crippen molar-refractivity contribution in [3.63, 3.8) is 0 Å². The molecule has 0 fully saturated rings. The van der Waals surface area contributed by atoms with Crippen LogP contribution in [0.5, 0.6) is 5.75 Å². The Balaban J connectivity index is 2.28. The molecule has 5 heteroatoms. The fourth-order valence-electron chi connectivity index (χ4n) is 1.99. The Labute approximate surface area is 134 Å². The summed E-state index contributed by atoms with van der Waals surface area (Å²) in [5, 5.41) is 13.3. The molecule has 1 unspecified atom stereocenters. The van der Waals surface area contributed by atoms with E-state index in [-0.39, 0.29) is 17.6 Å². The summed E-state index contributed by atoms with van der Waals surface area (Å²) in [4.78, 5) is 0. The van der Waals surface area contributed by atoms with Crippen LogP contribution in [-0.4, -0.2) is 5.11 Å². The maximum Gasteiger partial charge on any atom is 0.137 e. The lowest BCUT2D eigenvalue weighted by molar-refractivity contribution is 0.462. The second kappa shape index (κ2) is 6.59. The Morgan fingerprint density at radius 1 is 1.20 bits per heavy atom. The lowest BCUT2D eigenvalue weighted by atomic mass is 10.0. The highest BCUT2D eigenvalue weighted by Gasteiger charge is 2.14. The first-order valence-corrected chi connectivity index (χ1v) is 7.80. The largest absolute Gasteiger partial charge is 0.508 e. The normalized spacial score (nSPS) is 12.2. The first kappa shape index (κ1) is 15.3. The minimum absolute atomic E-state index is 0.0511. The molecule has 20 heavy (non-hydrogen) atoms.